The van der Waals surface area contributed by atoms with Gasteiger partial charge in [-0.15, -0.1) is 0 Å². The lowest BCUT2D eigenvalue weighted by atomic mass is 9.83. The topological polar surface area (TPSA) is 49.4 Å². The van der Waals surface area contributed by atoms with E-state index in [1.165, 1.54) is 0 Å². The van der Waals surface area contributed by atoms with E-state index in [4.69, 9.17) is 0 Å². The predicted molar refractivity (Wildman–Crippen MR) is 132 cm³/mol. The molecule has 3 aromatic carbocycles. The van der Waals surface area contributed by atoms with Gasteiger partial charge in [0.05, 0.1) is 5.54 Å². The number of nitrogens with zero attached hydrogens (tertiary/aromatic N) is 1. The smallest absolute Gasteiger partial charge is 0.246 e. The highest BCUT2D eigenvalue weighted by Gasteiger charge is 2.34. The number of likely N-dealkylation sites (tertiary alicyclic amines) is 1. The first-order valence-electron chi connectivity index (χ1n) is 11.5. The van der Waals surface area contributed by atoms with Crippen LogP contribution in [0.4, 0.5) is 0 Å². The molecule has 1 aliphatic rings. The fraction of sp³-hybridized carbons (Fsp3) is 0.241. The predicted octanol–water partition coefficient (Wildman–Crippen LogP) is 5.02. The Kier molecular flexibility index (Phi) is 7.04. The summed E-state index contributed by atoms with van der Waals surface area (Å²) in [5, 5.41) is 3.33. The molecule has 0 aromatic heterocycles. The summed E-state index contributed by atoms with van der Waals surface area (Å²) in [6, 6.07) is 29.9. The molecule has 0 unspecified atom stereocenters. The number of rotatable bonds is 6. The number of benzene rings is 3. The number of hydrogen-bond donors (Lipinski definition) is 1. The fourth-order valence-corrected chi connectivity index (χ4v) is 4.40. The van der Waals surface area contributed by atoms with Gasteiger partial charge in [-0.3, -0.25) is 9.59 Å². The van der Waals surface area contributed by atoms with Gasteiger partial charge in [-0.05, 0) is 42.5 Å². The Hall–Kier alpha value is -3.66. The van der Waals surface area contributed by atoms with Gasteiger partial charge < -0.3 is 10.2 Å². The molecule has 0 atom stereocenters. The van der Waals surface area contributed by atoms with Crippen LogP contribution in [0.2, 0.25) is 0 Å². The SMILES string of the molecule is CC(NC(=O)C1CCN(C(=O)/C=C/c2ccccc2)CC1)(c1ccccc1)c1ccccc1. The van der Waals surface area contributed by atoms with E-state index in [0.29, 0.717) is 25.9 Å². The minimum Gasteiger partial charge on any atom is -0.343 e. The summed E-state index contributed by atoms with van der Waals surface area (Å²) in [6.07, 6.45) is 4.79. The standard InChI is InChI=1S/C29H30N2O2/c1-29(25-13-7-3-8-14-25,26-15-9-4-10-16-26)30-28(33)24-19-21-31(22-20-24)27(32)18-17-23-11-5-2-6-12-23/h2-18,24H,19-22H2,1H3,(H,30,33)/b18-17+. The molecule has 0 saturated carbocycles. The van der Waals surface area contributed by atoms with E-state index in [0.717, 1.165) is 16.7 Å². The molecule has 0 spiro atoms. The van der Waals surface area contributed by atoms with E-state index in [1.54, 1.807) is 6.08 Å². The van der Waals surface area contributed by atoms with E-state index < -0.39 is 5.54 Å². The third kappa shape index (κ3) is 5.40. The average molecular weight is 439 g/mol. The summed E-state index contributed by atoms with van der Waals surface area (Å²) in [7, 11) is 0. The Balaban J connectivity index is 1.40. The number of nitrogens with one attached hydrogen (secondary N) is 1. The van der Waals surface area contributed by atoms with Crippen LogP contribution in [-0.4, -0.2) is 29.8 Å². The zero-order chi connectivity index (χ0) is 23.1. The minimum absolute atomic E-state index is 0.00359. The van der Waals surface area contributed by atoms with Crippen LogP contribution >= 0.6 is 0 Å². The molecule has 1 saturated heterocycles. The molecule has 3 aromatic rings. The van der Waals surface area contributed by atoms with Crippen LogP contribution in [0.1, 0.15) is 36.5 Å². The molecule has 33 heavy (non-hydrogen) atoms. The summed E-state index contributed by atoms with van der Waals surface area (Å²) in [5.41, 5.74) is 2.47. The van der Waals surface area contributed by atoms with Gasteiger partial charge in [0.2, 0.25) is 11.8 Å². The summed E-state index contributed by atoms with van der Waals surface area (Å²) in [6.45, 7) is 3.23. The van der Waals surface area contributed by atoms with E-state index in [2.05, 4.69) is 12.2 Å². The molecule has 0 bridgehead atoms. The normalized spacial score (nSPS) is 14.9. The lowest BCUT2D eigenvalue weighted by Gasteiger charge is -2.36. The van der Waals surface area contributed by atoms with Crippen molar-refractivity contribution in [3.05, 3.63) is 114 Å². The monoisotopic (exact) mass is 438 g/mol. The molecular weight excluding hydrogens is 408 g/mol. The quantitative estimate of drug-likeness (QED) is 0.550. The molecule has 1 heterocycles. The molecule has 4 heteroatoms. The highest BCUT2D eigenvalue weighted by molar-refractivity contribution is 5.92. The van der Waals surface area contributed by atoms with Crippen molar-refractivity contribution in [3.63, 3.8) is 0 Å². The van der Waals surface area contributed by atoms with E-state index in [-0.39, 0.29) is 17.7 Å². The summed E-state index contributed by atoms with van der Waals surface area (Å²) < 4.78 is 0. The van der Waals surface area contributed by atoms with Crippen molar-refractivity contribution in [1.82, 2.24) is 10.2 Å². The van der Waals surface area contributed by atoms with E-state index >= 15 is 0 Å². The Morgan fingerprint density at radius 2 is 1.30 bits per heavy atom. The van der Waals surface area contributed by atoms with Crippen molar-refractivity contribution in [3.8, 4) is 0 Å². The van der Waals surface area contributed by atoms with Crippen LogP contribution in [0.3, 0.4) is 0 Å². The van der Waals surface area contributed by atoms with Crippen LogP contribution in [0.25, 0.3) is 6.08 Å². The minimum atomic E-state index is -0.620. The van der Waals surface area contributed by atoms with Gasteiger partial charge in [-0.25, -0.2) is 0 Å². The third-order valence-electron chi connectivity index (χ3n) is 6.47. The summed E-state index contributed by atoms with van der Waals surface area (Å²) in [4.78, 5) is 27.7. The first-order valence-corrected chi connectivity index (χ1v) is 11.5. The maximum Gasteiger partial charge on any atom is 0.246 e. The Morgan fingerprint density at radius 1 is 0.818 bits per heavy atom. The summed E-state index contributed by atoms with van der Waals surface area (Å²) >= 11 is 0. The Labute approximate surface area is 195 Å². The summed E-state index contributed by atoms with van der Waals surface area (Å²) in [5.74, 6) is -0.0767. The Bertz CT molecular complexity index is 1050. The van der Waals surface area contributed by atoms with Crippen LogP contribution in [0, 0.1) is 5.92 Å². The molecule has 168 valence electrons. The second-order valence-electron chi connectivity index (χ2n) is 8.69. The van der Waals surface area contributed by atoms with Crippen LogP contribution in [0.15, 0.2) is 97.1 Å². The van der Waals surface area contributed by atoms with Gasteiger partial charge >= 0.3 is 0 Å². The zero-order valence-corrected chi connectivity index (χ0v) is 19.0. The van der Waals surface area contributed by atoms with Gasteiger partial charge in [-0.1, -0.05) is 91.0 Å². The number of piperidine rings is 1. The first kappa shape index (κ1) is 22.5. The molecular formula is C29H30N2O2. The molecule has 0 aliphatic carbocycles. The highest BCUT2D eigenvalue weighted by Crippen LogP contribution is 2.30. The zero-order valence-electron chi connectivity index (χ0n) is 19.0. The van der Waals surface area contributed by atoms with Crippen molar-refractivity contribution in [2.45, 2.75) is 25.3 Å². The number of carbonyl (C=O) groups excluding carboxylic acids is 2. The fourth-order valence-electron chi connectivity index (χ4n) is 4.40. The molecule has 4 nitrogen and oxygen atoms in total. The molecule has 0 radical (unpaired) electrons. The maximum absolute atomic E-state index is 13.3. The molecule has 2 amide bonds. The van der Waals surface area contributed by atoms with Crippen molar-refractivity contribution < 1.29 is 9.59 Å². The van der Waals surface area contributed by atoms with Crippen LogP contribution in [-0.2, 0) is 15.1 Å². The number of hydrogen-bond acceptors (Lipinski definition) is 2. The van der Waals surface area contributed by atoms with E-state index in [1.807, 2.05) is 102 Å². The van der Waals surface area contributed by atoms with Crippen LogP contribution in [0.5, 0.6) is 0 Å². The number of carbonyl (C=O) groups is 2. The second-order valence-corrected chi connectivity index (χ2v) is 8.69. The maximum atomic E-state index is 13.3. The largest absolute Gasteiger partial charge is 0.343 e. The second kappa shape index (κ2) is 10.3. The van der Waals surface area contributed by atoms with E-state index in [9.17, 15) is 9.59 Å². The van der Waals surface area contributed by atoms with Gasteiger partial charge in [-0.2, -0.15) is 0 Å². The van der Waals surface area contributed by atoms with Gasteiger partial charge in [0, 0.05) is 25.1 Å². The first-order chi connectivity index (χ1) is 16.1. The molecule has 1 aliphatic heterocycles. The van der Waals surface area contributed by atoms with Crippen molar-refractivity contribution in [1.29, 1.82) is 0 Å². The number of amides is 2. The van der Waals surface area contributed by atoms with Crippen molar-refractivity contribution in [2.75, 3.05) is 13.1 Å². The highest BCUT2D eigenvalue weighted by atomic mass is 16.2. The van der Waals surface area contributed by atoms with Gasteiger partial charge in [0.15, 0.2) is 0 Å². The third-order valence-corrected chi connectivity index (χ3v) is 6.47. The molecule has 4 rings (SSSR count). The molecule has 1 N–H and O–H groups in total. The molecule has 1 fully saturated rings. The van der Waals surface area contributed by atoms with Crippen molar-refractivity contribution >= 4 is 17.9 Å². The lowest BCUT2D eigenvalue weighted by Crippen LogP contribution is -2.49. The Morgan fingerprint density at radius 3 is 1.82 bits per heavy atom. The van der Waals surface area contributed by atoms with Gasteiger partial charge in [0.1, 0.15) is 0 Å². The van der Waals surface area contributed by atoms with Crippen LogP contribution < -0.4 is 5.32 Å². The lowest BCUT2D eigenvalue weighted by molar-refractivity contribution is -0.132. The van der Waals surface area contributed by atoms with Gasteiger partial charge in [0.25, 0.3) is 0 Å². The van der Waals surface area contributed by atoms with Crippen molar-refractivity contribution in [2.24, 2.45) is 5.92 Å². The average Bonchev–Trinajstić information content (AvgIpc) is 2.89.